The van der Waals surface area contributed by atoms with Gasteiger partial charge in [-0.1, -0.05) is 28.1 Å². The molecule has 3 aromatic rings. The summed E-state index contributed by atoms with van der Waals surface area (Å²) in [6.45, 7) is -0.318. The molecule has 0 aliphatic carbocycles. The predicted molar refractivity (Wildman–Crippen MR) is 109 cm³/mol. The second-order valence-corrected chi connectivity index (χ2v) is 8.29. The Bertz CT molecular complexity index is 926. The zero-order valence-corrected chi connectivity index (χ0v) is 17.5. The molecule has 3 rings (SSSR count). The number of ether oxygens (including phenoxy) is 1. The van der Waals surface area contributed by atoms with Crippen LogP contribution in [0.4, 0.5) is 5.69 Å². The van der Waals surface area contributed by atoms with E-state index < -0.39 is 5.97 Å². The summed E-state index contributed by atoms with van der Waals surface area (Å²) in [5.41, 5.74) is 1.55. The van der Waals surface area contributed by atoms with Gasteiger partial charge < -0.3 is 10.1 Å². The fourth-order valence-corrected chi connectivity index (χ4v) is 4.34. The quantitative estimate of drug-likeness (QED) is 0.490. The van der Waals surface area contributed by atoms with Crippen LogP contribution >= 0.6 is 43.2 Å². The number of hydrogen-bond acceptors (Lipinski definition) is 5. The maximum Gasteiger partial charge on any atom is 0.306 e. The van der Waals surface area contributed by atoms with Crippen molar-refractivity contribution < 1.29 is 14.3 Å². The number of aromatic nitrogens is 1. The van der Waals surface area contributed by atoms with E-state index in [-0.39, 0.29) is 18.9 Å². The molecular weight excluding hydrogens is 484 g/mol. The molecule has 1 amide bonds. The largest absolute Gasteiger partial charge is 0.456 e. The smallest absolute Gasteiger partial charge is 0.306 e. The molecule has 0 fully saturated rings. The third kappa shape index (κ3) is 5.12. The molecule has 0 radical (unpaired) electrons. The maximum atomic E-state index is 11.9. The van der Waals surface area contributed by atoms with Crippen molar-refractivity contribution in [3.05, 3.63) is 56.4 Å². The lowest BCUT2D eigenvalue weighted by atomic mass is 10.3. The Kier molecular flexibility index (Phi) is 6.39. The Labute approximate surface area is 171 Å². The van der Waals surface area contributed by atoms with Gasteiger partial charge in [0.2, 0.25) is 0 Å². The minimum atomic E-state index is -0.422. The first-order chi connectivity index (χ1) is 12.5. The predicted octanol–water partition coefficient (Wildman–Crippen LogP) is 4.94. The van der Waals surface area contributed by atoms with Gasteiger partial charge >= 0.3 is 5.97 Å². The third-order valence-corrected chi connectivity index (χ3v) is 5.70. The molecule has 0 bridgehead atoms. The van der Waals surface area contributed by atoms with E-state index in [4.69, 9.17) is 4.74 Å². The van der Waals surface area contributed by atoms with Crippen LogP contribution in [0.3, 0.4) is 0 Å². The van der Waals surface area contributed by atoms with Crippen molar-refractivity contribution in [1.29, 1.82) is 0 Å². The average molecular weight is 498 g/mol. The van der Waals surface area contributed by atoms with Crippen LogP contribution in [0.15, 0.2) is 51.4 Å². The summed E-state index contributed by atoms with van der Waals surface area (Å²) in [4.78, 5) is 28.2. The molecule has 0 atom stereocenters. The van der Waals surface area contributed by atoms with Crippen LogP contribution in [0.5, 0.6) is 0 Å². The molecule has 1 aromatic heterocycles. The van der Waals surface area contributed by atoms with Gasteiger partial charge in [0.05, 0.1) is 27.3 Å². The van der Waals surface area contributed by atoms with Crippen molar-refractivity contribution in [1.82, 2.24) is 4.98 Å². The number of halogens is 2. The van der Waals surface area contributed by atoms with E-state index in [1.165, 1.54) is 0 Å². The number of thiazole rings is 1. The topological polar surface area (TPSA) is 68.3 Å². The normalized spacial score (nSPS) is 10.7. The van der Waals surface area contributed by atoms with E-state index in [0.29, 0.717) is 12.1 Å². The van der Waals surface area contributed by atoms with Gasteiger partial charge in [0, 0.05) is 15.4 Å². The van der Waals surface area contributed by atoms with Crippen molar-refractivity contribution in [2.24, 2.45) is 0 Å². The van der Waals surface area contributed by atoms with Crippen LogP contribution in [-0.4, -0.2) is 23.5 Å². The summed E-state index contributed by atoms with van der Waals surface area (Å²) >= 11 is 8.27. The first-order valence-electron chi connectivity index (χ1n) is 7.76. The molecule has 5 nitrogen and oxygen atoms in total. The van der Waals surface area contributed by atoms with Crippen molar-refractivity contribution in [3.8, 4) is 0 Å². The van der Waals surface area contributed by atoms with E-state index >= 15 is 0 Å². The fraction of sp³-hybridized carbons (Fsp3) is 0.167. The standard InChI is InChI=1S/C18H14Br2N2O3S/c19-11-5-6-13(12(20)9-11)21-16(23)10-25-18(24)8-7-17-22-14-3-1-2-4-15(14)26-17/h1-6,9H,7-8,10H2,(H,21,23). The number of para-hydroxylation sites is 1. The number of aryl methyl sites for hydroxylation is 1. The molecule has 0 saturated heterocycles. The molecule has 26 heavy (non-hydrogen) atoms. The molecule has 0 unspecified atom stereocenters. The number of anilines is 1. The zero-order chi connectivity index (χ0) is 18.5. The van der Waals surface area contributed by atoms with Gasteiger partial charge in [-0.25, -0.2) is 4.98 Å². The molecule has 0 spiro atoms. The van der Waals surface area contributed by atoms with E-state index in [1.54, 1.807) is 17.4 Å². The summed E-state index contributed by atoms with van der Waals surface area (Å²) in [6.07, 6.45) is 0.688. The Hall–Kier alpha value is -1.77. The average Bonchev–Trinajstić information content (AvgIpc) is 3.03. The summed E-state index contributed by atoms with van der Waals surface area (Å²) in [7, 11) is 0. The summed E-state index contributed by atoms with van der Waals surface area (Å²) in [6, 6.07) is 13.2. The van der Waals surface area contributed by atoms with Gasteiger partial charge in [0.15, 0.2) is 6.61 Å². The number of nitrogens with one attached hydrogen (secondary N) is 1. The Balaban J connectivity index is 1.45. The van der Waals surface area contributed by atoms with Gasteiger partial charge in [0.25, 0.3) is 5.91 Å². The molecule has 0 aliphatic heterocycles. The van der Waals surface area contributed by atoms with Crippen LogP contribution in [0.2, 0.25) is 0 Å². The highest BCUT2D eigenvalue weighted by molar-refractivity contribution is 9.11. The Morgan fingerprint density at radius 3 is 2.73 bits per heavy atom. The van der Waals surface area contributed by atoms with Crippen molar-refractivity contribution in [2.45, 2.75) is 12.8 Å². The first-order valence-corrected chi connectivity index (χ1v) is 10.2. The van der Waals surface area contributed by atoms with Crippen molar-refractivity contribution in [2.75, 3.05) is 11.9 Å². The number of carbonyl (C=O) groups excluding carboxylic acids is 2. The molecule has 134 valence electrons. The van der Waals surface area contributed by atoms with Crippen LogP contribution < -0.4 is 5.32 Å². The molecule has 2 aromatic carbocycles. The number of amides is 1. The van der Waals surface area contributed by atoms with Crippen LogP contribution in [0, 0.1) is 0 Å². The Morgan fingerprint density at radius 2 is 1.96 bits per heavy atom. The minimum Gasteiger partial charge on any atom is -0.456 e. The zero-order valence-electron chi connectivity index (χ0n) is 13.5. The van der Waals surface area contributed by atoms with Crippen molar-refractivity contribution in [3.63, 3.8) is 0 Å². The molecule has 8 heteroatoms. The highest BCUT2D eigenvalue weighted by atomic mass is 79.9. The maximum absolute atomic E-state index is 11.9. The first kappa shape index (κ1) is 19.0. The van der Waals surface area contributed by atoms with Gasteiger partial charge in [-0.05, 0) is 46.3 Å². The molecule has 1 heterocycles. The van der Waals surface area contributed by atoms with Gasteiger partial charge in [-0.3, -0.25) is 9.59 Å². The second kappa shape index (κ2) is 8.75. The lowest BCUT2D eigenvalue weighted by Crippen LogP contribution is -2.21. The van der Waals surface area contributed by atoms with Crippen LogP contribution in [0.25, 0.3) is 10.2 Å². The number of rotatable bonds is 6. The molecule has 0 aliphatic rings. The summed E-state index contributed by atoms with van der Waals surface area (Å²) in [5.74, 6) is -0.810. The highest BCUT2D eigenvalue weighted by Crippen LogP contribution is 2.26. The minimum absolute atomic E-state index is 0.190. The number of benzene rings is 2. The van der Waals surface area contributed by atoms with Crippen molar-refractivity contribution >= 4 is 71.0 Å². The third-order valence-electron chi connectivity index (χ3n) is 3.45. The van der Waals surface area contributed by atoms with Gasteiger partial charge in [0.1, 0.15) is 0 Å². The monoisotopic (exact) mass is 496 g/mol. The fourth-order valence-electron chi connectivity index (χ4n) is 2.23. The summed E-state index contributed by atoms with van der Waals surface area (Å²) in [5, 5.41) is 3.57. The number of nitrogens with zero attached hydrogens (tertiary/aromatic N) is 1. The number of fused-ring (bicyclic) bond motifs is 1. The Morgan fingerprint density at radius 1 is 1.15 bits per heavy atom. The van der Waals surface area contributed by atoms with E-state index in [2.05, 4.69) is 42.2 Å². The molecular formula is C18H14Br2N2O3S. The van der Waals surface area contributed by atoms with Crippen LogP contribution in [-0.2, 0) is 20.7 Å². The van der Waals surface area contributed by atoms with Gasteiger partial charge in [-0.2, -0.15) is 0 Å². The lowest BCUT2D eigenvalue weighted by Gasteiger charge is -2.08. The highest BCUT2D eigenvalue weighted by Gasteiger charge is 2.11. The lowest BCUT2D eigenvalue weighted by molar-refractivity contribution is -0.147. The SMILES string of the molecule is O=C(COC(=O)CCc1nc2ccccc2s1)Nc1ccc(Br)cc1Br. The van der Waals surface area contributed by atoms with E-state index in [0.717, 1.165) is 24.2 Å². The van der Waals surface area contributed by atoms with E-state index in [9.17, 15) is 9.59 Å². The molecule has 0 saturated carbocycles. The molecule has 1 N–H and O–H groups in total. The summed E-state index contributed by atoms with van der Waals surface area (Å²) < 4.78 is 7.76. The number of esters is 1. The number of hydrogen-bond donors (Lipinski definition) is 1. The van der Waals surface area contributed by atoms with Crippen LogP contribution in [0.1, 0.15) is 11.4 Å². The second-order valence-electron chi connectivity index (χ2n) is 5.41. The van der Waals surface area contributed by atoms with E-state index in [1.807, 2.05) is 36.4 Å². The van der Waals surface area contributed by atoms with Gasteiger partial charge in [-0.15, -0.1) is 11.3 Å². The number of carbonyl (C=O) groups is 2.